The van der Waals surface area contributed by atoms with E-state index in [1.165, 1.54) is 25.9 Å². The lowest BCUT2D eigenvalue weighted by molar-refractivity contribution is 0.706. The van der Waals surface area contributed by atoms with Gasteiger partial charge < -0.3 is 5.32 Å². The third-order valence-electron chi connectivity index (χ3n) is 2.08. The van der Waals surface area contributed by atoms with Crippen molar-refractivity contribution in [2.45, 2.75) is 26.7 Å². The Morgan fingerprint density at radius 3 is 1.89 bits per heavy atom. The van der Waals surface area contributed by atoms with Crippen molar-refractivity contribution in [3.8, 4) is 0 Å². The SMILES string of the molecule is CC1=C(C)CCNCC1. The first kappa shape index (κ1) is 6.81. The van der Waals surface area contributed by atoms with Crippen molar-refractivity contribution in [1.82, 2.24) is 5.32 Å². The Bertz CT molecular complexity index is 111. The summed E-state index contributed by atoms with van der Waals surface area (Å²) < 4.78 is 0. The molecule has 0 amide bonds. The van der Waals surface area contributed by atoms with E-state index in [4.69, 9.17) is 0 Å². The van der Waals surface area contributed by atoms with Crippen LogP contribution in [0.4, 0.5) is 0 Å². The summed E-state index contributed by atoms with van der Waals surface area (Å²) in [5.41, 5.74) is 3.17. The Morgan fingerprint density at radius 1 is 1.00 bits per heavy atom. The lowest BCUT2D eigenvalue weighted by atomic mass is 10.1. The highest BCUT2D eigenvalue weighted by Gasteiger charge is 2.01. The molecule has 0 bridgehead atoms. The van der Waals surface area contributed by atoms with E-state index in [1.54, 1.807) is 11.1 Å². The Labute approximate surface area is 57.1 Å². The molecule has 0 radical (unpaired) electrons. The Hall–Kier alpha value is -0.300. The van der Waals surface area contributed by atoms with E-state index < -0.39 is 0 Å². The van der Waals surface area contributed by atoms with E-state index in [1.807, 2.05) is 0 Å². The van der Waals surface area contributed by atoms with Crippen LogP contribution in [0.15, 0.2) is 11.1 Å². The molecule has 0 unspecified atom stereocenters. The largest absolute Gasteiger partial charge is 0.316 e. The fourth-order valence-corrected chi connectivity index (χ4v) is 1.10. The average molecular weight is 125 g/mol. The van der Waals surface area contributed by atoms with Gasteiger partial charge in [-0.3, -0.25) is 0 Å². The second kappa shape index (κ2) is 3.02. The molecule has 1 heterocycles. The summed E-state index contributed by atoms with van der Waals surface area (Å²) in [5.74, 6) is 0. The lowest BCUT2D eigenvalue weighted by Gasteiger charge is -1.98. The molecule has 0 aromatic heterocycles. The number of hydrogen-bond donors (Lipinski definition) is 1. The van der Waals surface area contributed by atoms with Crippen LogP contribution in [0.25, 0.3) is 0 Å². The molecule has 0 spiro atoms. The topological polar surface area (TPSA) is 12.0 Å². The quantitative estimate of drug-likeness (QED) is 0.486. The fourth-order valence-electron chi connectivity index (χ4n) is 1.10. The summed E-state index contributed by atoms with van der Waals surface area (Å²) in [6, 6.07) is 0. The zero-order valence-electron chi connectivity index (χ0n) is 6.33. The van der Waals surface area contributed by atoms with E-state index in [0.29, 0.717) is 0 Å². The van der Waals surface area contributed by atoms with Gasteiger partial charge in [-0.1, -0.05) is 11.1 Å². The monoisotopic (exact) mass is 125 g/mol. The highest BCUT2D eigenvalue weighted by Crippen LogP contribution is 2.12. The summed E-state index contributed by atoms with van der Waals surface area (Å²) in [4.78, 5) is 0. The van der Waals surface area contributed by atoms with Crippen LogP contribution in [0.3, 0.4) is 0 Å². The number of nitrogens with one attached hydrogen (secondary N) is 1. The summed E-state index contributed by atoms with van der Waals surface area (Å²) >= 11 is 0. The van der Waals surface area contributed by atoms with Crippen LogP contribution < -0.4 is 5.32 Å². The first-order chi connectivity index (χ1) is 4.30. The van der Waals surface area contributed by atoms with E-state index >= 15 is 0 Å². The van der Waals surface area contributed by atoms with Gasteiger partial charge in [0.1, 0.15) is 0 Å². The molecule has 1 heteroatoms. The molecule has 1 aliphatic heterocycles. The third-order valence-corrected chi connectivity index (χ3v) is 2.08. The van der Waals surface area contributed by atoms with Crippen LogP contribution in [-0.2, 0) is 0 Å². The lowest BCUT2D eigenvalue weighted by Crippen LogP contribution is -2.13. The van der Waals surface area contributed by atoms with Crippen molar-refractivity contribution in [3.05, 3.63) is 11.1 Å². The minimum absolute atomic E-state index is 1.17. The van der Waals surface area contributed by atoms with Crippen molar-refractivity contribution in [1.29, 1.82) is 0 Å². The van der Waals surface area contributed by atoms with Crippen LogP contribution in [0.5, 0.6) is 0 Å². The molecular formula is C8H15N. The smallest absolute Gasteiger partial charge is 0.00115 e. The number of hydrogen-bond acceptors (Lipinski definition) is 1. The molecule has 0 saturated carbocycles. The molecule has 1 aliphatic rings. The van der Waals surface area contributed by atoms with Gasteiger partial charge >= 0.3 is 0 Å². The van der Waals surface area contributed by atoms with Crippen molar-refractivity contribution < 1.29 is 0 Å². The minimum atomic E-state index is 1.17. The molecule has 0 atom stereocenters. The van der Waals surface area contributed by atoms with Crippen molar-refractivity contribution >= 4 is 0 Å². The first-order valence-corrected chi connectivity index (χ1v) is 3.66. The fraction of sp³-hybridized carbons (Fsp3) is 0.750. The van der Waals surface area contributed by atoms with Crippen molar-refractivity contribution in [2.24, 2.45) is 0 Å². The summed E-state index contributed by atoms with van der Waals surface area (Å²) in [7, 11) is 0. The number of rotatable bonds is 0. The van der Waals surface area contributed by atoms with E-state index in [-0.39, 0.29) is 0 Å². The van der Waals surface area contributed by atoms with E-state index in [9.17, 15) is 0 Å². The Balaban J connectivity index is 2.55. The van der Waals surface area contributed by atoms with Gasteiger partial charge in [-0.05, 0) is 39.8 Å². The molecule has 1 nitrogen and oxygen atoms in total. The van der Waals surface area contributed by atoms with Crippen molar-refractivity contribution in [3.63, 3.8) is 0 Å². The van der Waals surface area contributed by atoms with Gasteiger partial charge in [-0.25, -0.2) is 0 Å². The van der Waals surface area contributed by atoms with E-state index in [2.05, 4.69) is 19.2 Å². The second-order valence-electron chi connectivity index (χ2n) is 2.81. The molecule has 0 aromatic carbocycles. The molecule has 1 N–H and O–H groups in total. The normalized spacial score (nSPS) is 22.0. The van der Waals surface area contributed by atoms with Gasteiger partial charge in [0.05, 0.1) is 0 Å². The maximum atomic E-state index is 3.37. The predicted octanol–water partition coefficient (Wildman–Crippen LogP) is 1.71. The van der Waals surface area contributed by atoms with Crippen LogP contribution in [-0.4, -0.2) is 13.1 Å². The maximum Gasteiger partial charge on any atom is -0.00115 e. The van der Waals surface area contributed by atoms with E-state index in [0.717, 1.165) is 0 Å². The Morgan fingerprint density at radius 2 is 1.44 bits per heavy atom. The molecule has 0 aliphatic carbocycles. The maximum absolute atomic E-state index is 3.37. The van der Waals surface area contributed by atoms with Gasteiger partial charge in [0.2, 0.25) is 0 Å². The Kier molecular flexibility index (Phi) is 2.29. The molecule has 0 fully saturated rings. The summed E-state index contributed by atoms with van der Waals surface area (Å²) in [6.07, 6.45) is 2.48. The standard InChI is InChI=1S/C8H15N/c1-7-3-5-9-6-4-8(7)2/h9H,3-6H2,1-2H3. The molecule has 0 aromatic rings. The average Bonchev–Trinajstić information content (AvgIpc) is 1.99. The van der Waals surface area contributed by atoms with Gasteiger partial charge in [-0.2, -0.15) is 0 Å². The van der Waals surface area contributed by atoms with Gasteiger partial charge in [0.15, 0.2) is 0 Å². The highest BCUT2D eigenvalue weighted by atomic mass is 14.8. The van der Waals surface area contributed by atoms with Gasteiger partial charge in [0.25, 0.3) is 0 Å². The van der Waals surface area contributed by atoms with Gasteiger partial charge in [0, 0.05) is 0 Å². The van der Waals surface area contributed by atoms with Crippen LogP contribution in [0, 0.1) is 0 Å². The summed E-state index contributed by atoms with van der Waals surface area (Å²) in [6.45, 7) is 6.82. The minimum Gasteiger partial charge on any atom is -0.316 e. The van der Waals surface area contributed by atoms with Crippen LogP contribution in [0.1, 0.15) is 26.7 Å². The molecule has 9 heavy (non-hydrogen) atoms. The predicted molar refractivity (Wildman–Crippen MR) is 40.5 cm³/mol. The molecule has 1 rings (SSSR count). The molecular weight excluding hydrogens is 110 g/mol. The third kappa shape index (κ3) is 1.83. The molecule has 52 valence electrons. The van der Waals surface area contributed by atoms with Gasteiger partial charge in [-0.15, -0.1) is 0 Å². The zero-order valence-corrected chi connectivity index (χ0v) is 6.33. The highest BCUT2D eigenvalue weighted by molar-refractivity contribution is 5.11. The molecule has 0 saturated heterocycles. The zero-order chi connectivity index (χ0) is 6.69. The van der Waals surface area contributed by atoms with Crippen LogP contribution >= 0.6 is 0 Å². The second-order valence-corrected chi connectivity index (χ2v) is 2.81. The van der Waals surface area contributed by atoms with Crippen LogP contribution in [0.2, 0.25) is 0 Å². The first-order valence-electron chi connectivity index (χ1n) is 3.66. The van der Waals surface area contributed by atoms with Crippen molar-refractivity contribution in [2.75, 3.05) is 13.1 Å². The summed E-state index contributed by atoms with van der Waals surface area (Å²) in [5, 5.41) is 3.37.